The van der Waals surface area contributed by atoms with Crippen molar-refractivity contribution in [2.24, 2.45) is 0 Å². The van der Waals surface area contributed by atoms with E-state index in [4.69, 9.17) is 11.6 Å². The highest BCUT2D eigenvalue weighted by Gasteiger charge is 2.08. The molecule has 0 saturated carbocycles. The van der Waals surface area contributed by atoms with E-state index in [1.165, 1.54) is 23.0 Å². The number of amides is 1. The lowest BCUT2D eigenvalue weighted by Gasteiger charge is -1.97. The van der Waals surface area contributed by atoms with Gasteiger partial charge in [-0.3, -0.25) is 10.1 Å². The molecule has 3 rings (SSSR count). The predicted molar refractivity (Wildman–Crippen MR) is 98.2 cm³/mol. The number of aryl methyl sites for hydroxylation is 2. The van der Waals surface area contributed by atoms with Gasteiger partial charge in [0.25, 0.3) is 0 Å². The number of nitrogens with zero attached hydrogens (tertiary/aromatic N) is 1. The third-order valence-electron chi connectivity index (χ3n) is 3.37. The number of thiazole rings is 1. The molecule has 116 valence electrons. The Morgan fingerprint density at radius 3 is 2.83 bits per heavy atom. The number of hydrogen-bond acceptors (Lipinski definition) is 3. The number of benzene rings is 2. The minimum atomic E-state index is -0.224. The van der Waals surface area contributed by atoms with E-state index in [0.717, 1.165) is 21.3 Å². The Kier molecular flexibility index (Phi) is 4.46. The highest BCUT2D eigenvalue weighted by atomic mass is 35.5. The van der Waals surface area contributed by atoms with Crippen LogP contribution in [-0.4, -0.2) is 10.9 Å². The number of aromatic nitrogens is 1. The van der Waals surface area contributed by atoms with Crippen molar-refractivity contribution in [1.29, 1.82) is 0 Å². The summed E-state index contributed by atoms with van der Waals surface area (Å²) in [4.78, 5) is 16.5. The monoisotopic (exact) mass is 342 g/mol. The Labute approximate surface area is 143 Å². The Bertz CT molecular complexity index is 915. The van der Waals surface area contributed by atoms with Gasteiger partial charge in [0, 0.05) is 11.1 Å². The third-order valence-corrected chi connectivity index (χ3v) is 4.84. The van der Waals surface area contributed by atoms with Gasteiger partial charge in [0.15, 0.2) is 5.13 Å². The van der Waals surface area contributed by atoms with Crippen molar-refractivity contribution < 1.29 is 4.79 Å². The van der Waals surface area contributed by atoms with E-state index in [2.05, 4.69) is 23.3 Å². The lowest BCUT2D eigenvalue weighted by molar-refractivity contribution is -0.111. The summed E-state index contributed by atoms with van der Waals surface area (Å²) in [7, 11) is 0. The molecule has 0 spiro atoms. The Morgan fingerprint density at radius 1 is 1.26 bits per heavy atom. The van der Waals surface area contributed by atoms with Gasteiger partial charge in [0.1, 0.15) is 0 Å². The molecule has 1 heterocycles. The molecular formula is C18H15ClN2OS. The molecule has 0 atom stereocenters. The van der Waals surface area contributed by atoms with E-state index in [9.17, 15) is 4.79 Å². The molecule has 1 amide bonds. The second kappa shape index (κ2) is 6.52. The Hall–Kier alpha value is -2.17. The molecule has 0 fully saturated rings. The van der Waals surface area contributed by atoms with Gasteiger partial charge in [-0.05, 0) is 48.7 Å². The van der Waals surface area contributed by atoms with Crippen molar-refractivity contribution in [2.45, 2.75) is 13.8 Å². The molecule has 5 heteroatoms. The summed E-state index contributed by atoms with van der Waals surface area (Å²) < 4.78 is 1.10. The van der Waals surface area contributed by atoms with Crippen molar-refractivity contribution >= 4 is 50.3 Å². The molecule has 1 N–H and O–H groups in total. The fraction of sp³-hybridized carbons (Fsp3) is 0.111. The Morgan fingerprint density at radius 2 is 2.04 bits per heavy atom. The van der Waals surface area contributed by atoms with Crippen LogP contribution in [0.15, 0.2) is 42.5 Å². The molecule has 0 aliphatic heterocycles. The van der Waals surface area contributed by atoms with E-state index in [1.54, 1.807) is 12.1 Å². The molecule has 2 aromatic carbocycles. The van der Waals surface area contributed by atoms with Crippen molar-refractivity contribution in [3.8, 4) is 0 Å². The predicted octanol–water partition coefficient (Wildman–Crippen LogP) is 5.22. The number of nitrogens with one attached hydrogen (secondary N) is 1. The smallest absolute Gasteiger partial charge is 0.250 e. The minimum absolute atomic E-state index is 0.224. The summed E-state index contributed by atoms with van der Waals surface area (Å²) >= 11 is 7.54. The number of carbonyl (C=O) groups is 1. The van der Waals surface area contributed by atoms with Gasteiger partial charge in [-0.1, -0.05) is 47.2 Å². The fourth-order valence-electron chi connectivity index (χ4n) is 2.35. The zero-order valence-corrected chi connectivity index (χ0v) is 14.3. The SMILES string of the molecule is Cc1cc(C)c2sc(NC(=O)/C=C/c3ccccc3Cl)nc2c1. The van der Waals surface area contributed by atoms with Crippen molar-refractivity contribution in [1.82, 2.24) is 4.98 Å². The van der Waals surface area contributed by atoms with Crippen LogP contribution in [0.4, 0.5) is 5.13 Å². The first kappa shape index (κ1) is 15.7. The van der Waals surface area contributed by atoms with Crippen LogP contribution in [0, 0.1) is 13.8 Å². The number of halogens is 1. The number of rotatable bonds is 3. The standard InChI is InChI=1S/C18H15ClN2OS/c1-11-9-12(2)17-15(10-11)20-18(23-17)21-16(22)8-7-13-5-3-4-6-14(13)19/h3-10H,1-2H3,(H,20,21,22)/b8-7+. The zero-order valence-electron chi connectivity index (χ0n) is 12.8. The van der Waals surface area contributed by atoms with Crippen LogP contribution in [0.3, 0.4) is 0 Å². The number of anilines is 1. The third kappa shape index (κ3) is 3.60. The van der Waals surface area contributed by atoms with Gasteiger partial charge in [-0.15, -0.1) is 0 Å². The van der Waals surface area contributed by atoms with Crippen molar-refractivity contribution in [2.75, 3.05) is 5.32 Å². The molecule has 0 saturated heterocycles. The molecule has 0 aliphatic carbocycles. The van der Waals surface area contributed by atoms with E-state index >= 15 is 0 Å². The first-order chi connectivity index (χ1) is 11.0. The zero-order chi connectivity index (χ0) is 16.4. The average Bonchev–Trinajstić information content (AvgIpc) is 2.89. The lowest BCUT2D eigenvalue weighted by Crippen LogP contribution is -2.07. The number of carbonyl (C=O) groups excluding carboxylic acids is 1. The van der Waals surface area contributed by atoms with E-state index in [1.807, 2.05) is 31.2 Å². The molecular weight excluding hydrogens is 328 g/mol. The van der Waals surface area contributed by atoms with Crippen LogP contribution in [0.1, 0.15) is 16.7 Å². The summed E-state index contributed by atoms with van der Waals surface area (Å²) in [5, 5.41) is 4.02. The lowest BCUT2D eigenvalue weighted by atomic mass is 10.1. The molecule has 0 radical (unpaired) electrons. The number of fused-ring (bicyclic) bond motifs is 1. The first-order valence-electron chi connectivity index (χ1n) is 7.14. The molecule has 3 aromatic rings. The quantitative estimate of drug-likeness (QED) is 0.663. The topological polar surface area (TPSA) is 42.0 Å². The van der Waals surface area contributed by atoms with Crippen LogP contribution in [0.5, 0.6) is 0 Å². The van der Waals surface area contributed by atoms with Crippen molar-refractivity contribution in [3.05, 3.63) is 64.2 Å². The van der Waals surface area contributed by atoms with E-state index < -0.39 is 0 Å². The van der Waals surface area contributed by atoms with Gasteiger partial charge < -0.3 is 0 Å². The maximum Gasteiger partial charge on any atom is 0.250 e. The van der Waals surface area contributed by atoms with Gasteiger partial charge in [0.2, 0.25) is 5.91 Å². The second-order valence-corrected chi connectivity index (χ2v) is 6.70. The summed E-state index contributed by atoms with van der Waals surface area (Å²) in [6.07, 6.45) is 3.16. The van der Waals surface area contributed by atoms with Crippen LogP contribution < -0.4 is 5.32 Å². The van der Waals surface area contributed by atoms with Crippen molar-refractivity contribution in [3.63, 3.8) is 0 Å². The molecule has 23 heavy (non-hydrogen) atoms. The molecule has 1 aromatic heterocycles. The van der Waals surface area contributed by atoms with Crippen LogP contribution >= 0.6 is 22.9 Å². The minimum Gasteiger partial charge on any atom is -0.298 e. The van der Waals surface area contributed by atoms with Gasteiger partial charge in [-0.2, -0.15) is 0 Å². The molecule has 0 bridgehead atoms. The largest absolute Gasteiger partial charge is 0.298 e. The summed E-state index contributed by atoms with van der Waals surface area (Å²) in [6.45, 7) is 4.09. The molecule has 0 aliphatic rings. The van der Waals surface area contributed by atoms with Crippen LogP contribution in [0.2, 0.25) is 5.02 Å². The maximum absolute atomic E-state index is 12.1. The highest BCUT2D eigenvalue weighted by Crippen LogP contribution is 2.29. The maximum atomic E-state index is 12.1. The van der Waals surface area contributed by atoms with E-state index in [0.29, 0.717) is 10.2 Å². The fourth-order valence-corrected chi connectivity index (χ4v) is 3.47. The van der Waals surface area contributed by atoms with E-state index in [-0.39, 0.29) is 5.91 Å². The van der Waals surface area contributed by atoms with Crippen LogP contribution in [-0.2, 0) is 4.79 Å². The Balaban J connectivity index is 1.78. The first-order valence-corrected chi connectivity index (χ1v) is 8.34. The van der Waals surface area contributed by atoms with Gasteiger partial charge >= 0.3 is 0 Å². The normalized spacial score (nSPS) is 11.3. The summed E-state index contributed by atoms with van der Waals surface area (Å²) in [6, 6.07) is 11.5. The van der Waals surface area contributed by atoms with Gasteiger partial charge in [-0.25, -0.2) is 4.98 Å². The summed E-state index contributed by atoms with van der Waals surface area (Å²) in [5.41, 5.74) is 4.05. The molecule has 0 unspecified atom stereocenters. The summed E-state index contributed by atoms with van der Waals surface area (Å²) in [5.74, 6) is -0.224. The average molecular weight is 343 g/mol. The second-order valence-electron chi connectivity index (χ2n) is 5.29. The number of hydrogen-bond donors (Lipinski definition) is 1. The van der Waals surface area contributed by atoms with Gasteiger partial charge in [0.05, 0.1) is 10.2 Å². The molecule has 3 nitrogen and oxygen atoms in total. The van der Waals surface area contributed by atoms with Crippen LogP contribution in [0.25, 0.3) is 16.3 Å². The highest BCUT2D eigenvalue weighted by molar-refractivity contribution is 7.22.